The predicted molar refractivity (Wildman–Crippen MR) is 144 cm³/mol. The van der Waals surface area contributed by atoms with E-state index < -0.39 is 29.7 Å². The van der Waals surface area contributed by atoms with E-state index in [1.807, 2.05) is 69.3 Å². The minimum absolute atomic E-state index is 0.0842. The number of carbonyl (C=O) groups is 3. The number of benzene rings is 2. The SMILES string of the molecule is CCC(C)C(NC(=O)OC(C)(C)C)C(=O)N(CCO)C(C(=O)NCc1ccccc1)c1cccc(C)c1. The maximum absolute atomic E-state index is 14.0. The summed E-state index contributed by atoms with van der Waals surface area (Å²) < 4.78 is 5.40. The van der Waals surface area contributed by atoms with Gasteiger partial charge in [-0.1, -0.05) is 80.4 Å². The Labute approximate surface area is 220 Å². The molecule has 202 valence electrons. The van der Waals surface area contributed by atoms with E-state index in [-0.39, 0.29) is 31.5 Å². The minimum Gasteiger partial charge on any atom is -0.444 e. The lowest BCUT2D eigenvalue weighted by Gasteiger charge is -2.35. The fraction of sp³-hybridized carbons (Fsp3) is 0.483. The third-order valence-electron chi connectivity index (χ3n) is 6.00. The molecule has 3 atom stereocenters. The van der Waals surface area contributed by atoms with Crippen LogP contribution in [0.4, 0.5) is 4.79 Å². The van der Waals surface area contributed by atoms with Crippen molar-refractivity contribution in [1.82, 2.24) is 15.5 Å². The number of aryl methyl sites for hydroxylation is 1. The van der Waals surface area contributed by atoms with E-state index in [1.54, 1.807) is 26.8 Å². The molecule has 2 rings (SSSR count). The van der Waals surface area contributed by atoms with Gasteiger partial charge >= 0.3 is 6.09 Å². The lowest BCUT2D eigenvalue weighted by atomic mass is 9.95. The predicted octanol–water partition coefficient (Wildman–Crippen LogP) is 4.11. The molecule has 0 heterocycles. The van der Waals surface area contributed by atoms with Crippen molar-refractivity contribution in [3.8, 4) is 0 Å². The highest BCUT2D eigenvalue weighted by Crippen LogP contribution is 2.25. The lowest BCUT2D eigenvalue weighted by Crippen LogP contribution is -2.55. The highest BCUT2D eigenvalue weighted by atomic mass is 16.6. The molecule has 0 spiro atoms. The van der Waals surface area contributed by atoms with E-state index in [2.05, 4.69) is 10.6 Å². The van der Waals surface area contributed by atoms with Crippen LogP contribution in [0.15, 0.2) is 54.6 Å². The zero-order valence-corrected chi connectivity index (χ0v) is 22.8. The number of hydrogen-bond acceptors (Lipinski definition) is 5. The zero-order valence-electron chi connectivity index (χ0n) is 22.8. The van der Waals surface area contributed by atoms with E-state index in [0.29, 0.717) is 12.0 Å². The van der Waals surface area contributed by atoms with Crippen molar-refractivity contribution in [3.63, 3.8) is 0 Å². The number of rotatable bonds is 11. The van der Waals surface area contributed by atoms with Crippen LogP contribution in [-0.2, 0) is 20.9 Å². The van der Waals surface area contributed by atoms with Crippen molar-refractivity contribution >= 4 is 17.9 Å². The molecule has 3 amide bonds. The summed E-state index contributed by atoms with van der Waals surface area (Å²) in [5.41, 5.74) is 1.73. The number of nitrogens with one attached hydrogen (secondary N) is 2. The summed E-state index contributed by atoms with van der Waals surface area (Å²) in [5.74, 6) is -1.08. The zero-order chi connectivity index (χ0) is 27.6. The Hall–Kier alpha value is -3.39. The largest absolute Gasteiger partial charge is 0.444 e. The average Bonchev–Trinajstić information content (AvgIpc) is 2.84. The van der Waals surface area contributed by atoms with Crippen molar-refractivity contribution in [2.45, 2.75) is 72.2 Å². The van der Waals surface area contributed by atoms with E-state index >= 15 is 0 Å². The summed E-state index contributed by atoms with van der Waals surface area (Å²) in [5, 5.41) is 15.6. The van der Waals surface area contributed by atoms with Gasteiger partial charge in [-0.2, -0.15) is 0 Å². The van der Waals surface area contributed by atoms with Gasteiger partial charge in [0, 0.05) is 13.1 Å². The molecule has 8 nitrogen and oxygen atoms in total. The van der Waals surface area contributed by atoms with Crippen LogP contribution in [0.3, 0.4) is 0 Å². The summed E-state index contributed by atoms with van der Waals surface area (Å²) >= 11 is 0. The quantitative estimate of drug-likeness (QED) is 0.421. The van der Waals surface area contributed by atoms with E-state index in [1.165, 1.54) is 4.90 Å². The molecule has 2 aromatic carbocycles. The van der Waals surface area contributed by atoms with Gasteiger partial charge in [0.2, 0.25) is 11.8 Å². The number of ether oxygens (including phenoxy) is 1. The average molecular weight is 512 g/mol. The van der Waals surface area contributed by atoms with Gasteiger partial charge in [-0.3, -0.25) is 9.59 Å². The maximum Gasteiger partial charge on any atom is 0.408 e. The van der Waals surface area contributed by atoms with Gasteiger partial charge in [0.15, 0.2) is 0 Å². The smallest absolute Gasteiger partial charge is 0.408 e. The molecule has 3 N–H and O–H groups in total. The molecule has 0 radical (unpaired) electrons. The number of hydrogen-bond donors (Lipinski definition) is 3. The maximum atomic E-state index is 14.0. The molecule has 37 heavy (non-hydrogen) atoms. The molecule has 2 aromatic rings. The second-order valence-corrected chi connectivity index (χ2v) is 10.3. The molecule has 0 aliphatic rings. The van der Waals surface area contributed by atoms with Crippen LogP contribution in [0.1, 0.15) is 63.8 Å². The van der Waals surface area contributed by atoms with Crippen molar-refractivity contribution in [2.24, 2.45) is 5.92 Å². The highest BCUT2D eigenvalue weighted by Gasteiger charge is 2.37. The third-order valence-corrected chi connectivity index (χ3v) is 6.00. The van der Waals surface area contributed by atoms with E-state index in [9.17, 15) is 19.5 Å². The summed E-state index contributed by atoms with van der Waals surface area (Å²) in [6.45, 7) is 10.8. The Morgan fingerprint density at radius 1 is 1.05 bits per heavy atom. The van der Waals surface area contributed by atoms with Gasteiger partial charge in [-0.05, 0) is 44.7 Å². The Kier molecular flexibility index (Phi) is 11.1. The summed E-state index contributed by atoms with van der Waals surface area (Å²) in [4.78, 5) is 41.6. The summed E-state index contributed by atoms with van der Waals surface area (Å²) in [6.07, 6.45) is -0.107. The molecule has 0 aromatic heterocycles. The number of amides is 3. The second kappa shape index (κ2) is 13.8. The normalized spacial score (nSPS) is 13.7. The van der Waals surface area contributed by atoms with Gasteiger partial charge in [0.1, 0.15) is 17.7 Å². The van der Waals surface area contributed by atoms with Gasteiger partial charge < -0.3 is 25.4 Å². The highest BCUT2D eigenvalue weighted by molar-refractivity contribution is 5.92. The summed E-state index contributed by atoms with van der Waals surface area (Å²) in [7, 11) is 0. The molecule has 0 aliphatic carbocycles. The Balaban J connectivity index is 2.44. The Morgan fingerprint density at radius 2 is 1.73 bits per heavy atom. The van der Waals surface area contributed by atoms with Crippen molar-refractivity contribution in [1.29, 1.82) is 0 Å². The minimum atomic E-state index is -1.00. The van der Waals surface area contributed by atoms with Gasteiger partial charge in [-0.25, -0.2) is 4.79 Å². The number of aliphatic hydroxyl groups is 1. The summed E-state index contributed by atoms with van der Waals surface area (Å²) in [6, 6.07) is 14.9. The number of nitrogens with zero attached hydrogens (tertiary/aromatic N) is 1. The van der Waals surface area contributed by atoms with Crippen LogP contribution in [-0.4, -0.2) is 52.7 Å². The monoisotopic (exact) mass is 511 g/mol. The molecule has 0 saturated heterocycles. The van der Waals surface area contributed by atoms with Crippen LogP contribution >= 0.6 is 0 Å². The first-order valence-corrected chi connectivity index (χ1v) is 12.8. The van der Waals surface area contributed by atoms with Crippen LogP contribution in [0.5, 0.6) is 0 Å². The Morgan fingerprint density at radius 3 is 2.30 bits per heavy atom. The van der Waals surface area contributed by atoms with Crippen molar-refractivity contribution in [2.75, 3.05) is 13.2 Å². The molecule has 0 fully saturated rings. The van der Waals surface area contributed by atoms with E-state index in [0.717, 1.165) is 11.1 Å². The molecule has 0 aliphatic heterocycles. The number of carbonyl (C=O) groups excluding carboxylic acids is 3. The van der Waals surface area contributed by atoms with Gasteiger partial charge in [0.05, 0.1) is 6.61 Å². The van der Waals surface area contributed by atoms with Gasteiger partial charge in [0.25, 0.3) is 0 Å². The first-order valence-electron chi connectivity index (χ1n) is 12.8. The van der Waals surface area contributed by atoms with Crippen molar-refractivity contribution < 1.29 is 24.2 Å². The van der Waals surface area contributed by atoms with Crippen LogP contribution in [0.25, 0.3) is 0 Å². The first kappa shape index (κ1) is 29.8. The molecule has 3 unspecified atom stereocenters. The second-order valence-electron chi connectivity index (χ2n) is 10.3. The fourth-order valence-corrected chi connectivity index (χ4v) is 3.97. The molecular weight excluding hydrogens is 470 g/mol. The number of alkyl carbamates (subject to hydrolysis) is 1. The third kappa shape index (κ3) is 9.21. The molecule has 0 saturated carbocycles. The van der Waals surface area contributed by atoms with Crippen LogP contribution in [0.2, 0.25) is 0 Å². The van der Waals surface area contributed by atoms with E-state index in [4.69, 9.17) is 4.74 Å². The van der Waals surface area contributed by atoms with Crippen LogP contribution in [0, 0.1) is 12.8 Å². The van der Waals surface area contributed by atoms with Crippen LogP contribution < -0.4 is 10.6 Å². The first-order chi connectivity index (χ1) is 17.5. The lowest BCUT2D eigenvalue weighted by molar-refractivity contribution is -0.144. The fourth-order valence-electron chi connectivity index (χ4n) is 3.97. The number of aliphatic hydroxyl groups excluding tert-OH is 1. The molecular formula is C29H41N3O5. The van der Waals surface area contributed by atoms with Gasteiger partial charge in [-0.15, -0.1) is 0 Å². The standard InChI is InChI=1S/C29H41N3O5/c1-7-21(3)24(31-28(36)37-29(4,5)6)27(35)32(16-17-33)25(23-15-11-12-20(2)18-23)26(34)30-19-22-13-9-8-10-14-22/h8-15,18,21,24-25,33H,7,16-17,19H2,1-6H3,(H,30,34)(H,31,36). The topological polar surface area (TPSA) is 108 Å². The molecule has 0 bridgehead atoms. The Bertz CT molecular complexity index is 1040. The van der Waals surface area contributed by atoms with Crippen molar-refractivity contribution in [3.05, 3.63) is 71.3 Å². The molecule has 8 heteroatoms.